The summed E-state index contributed by atoms with van der Waals surface area (Å²) >= 11 is 12.3. The van der Waals surface area contributed by atoms with Crippen molar-refractivity contribution in [2.24, 2.45) is 0 Å². The molecule has 2 rings (SSSR count). The Morgan fingerprint density at radius 2 is 1.95 bits per heavy atom. The molecule has 1 N–H and O–H groups in total. The van der Waals surface area contributed by atoms with Gasteiger partial charge < -0.3 is 10.2 Å². The summed E-state index contributed by atoms with van der Waals surface area (Å²) in [6.07, 6.45) is 1.60. The van der Waals surface area contributed by atoms with Crippen LogP contribution in [0.5, 0.6) is 0 Å². The number of halogens is 2. The highest BCUT2D eigenvalue weighted by molar-refractivity contribution is 6.33. The molecule has 0 saturated carbocycles. The standard InChI is InChI=1S/C14H16Cl2N4/c1-3-17-14-18-8-12(16)13(19-14)20(2)9-10-6-4-5-7-11(10)15/h4-8H,3,9H2,1-2H3,(H,17,18,19). The number of hydrogen-bond acceptors (Lipinski definition) is 4. The van der Waals surface area contributed by atoms with Crippen molar-refractivity contribution in [1.82, 2.24) is 9.97 Å². The Morgan fingerprint density at radius 1 is 1.20 bits per heavy atom. The van der Waals surface area contributed by atoms with Crippen molar-refractivity contribution in [3.8, 4) is 0 Å². The molecule has 0 bridgehead atoms. The Kier molecular flexibility index (Phi) is 5.04. The summed E-state index contributed by atoms with van der Waals surface area (Å²) in [5.41, 5.74) is 1.02. The lowest BCUT2D eigenvalue weighted by Gasteiger charge is -2.20. The van der Waals surface area contributed by atoms with E-state index in [0.717, 1.165) is 17.1 Å². The fourth-order valence-electron chi connectivity index (χ4n) is 1.83. The van der Waals surface area contributed by atoms with Crippen LogP contribution >= 0.6 is 23.2 Å². The van der Waals surface area contributed by atoms with E-state index in [1.54, 1.807) is 6.20 Å². The molecule has 0 atom stereocenters. The minimum absolute atomic E-state index is 0.515. The molecule has 0 saturated heterocycles. The first-order valence-corrected chi connectivity index (χ1v) is 7.08. The molecule has 20 heavy (non-hydrogen) atoms. The van der Waals surface area contributed by atoms with Crippen molar-refractivity contribution >= 4 is 35.0 Å². The molecular weight excluding hydrogens is 295 g/mol. The van der Waals surface area contributed by atoms with Crippen LogP contribution in [0, 0.1) is 0 Å². The quantitative estimate of drug-likeness (QED) is 0.910. The van der Waals surface area contributed by atoms with Crippen molar-refractivity contribution in [2.45, 2.75) is 13.5 Å². The molecule has 4 nitrogen and oxygen atoms in total. The average Bonchev–Trinajstić information content (AvgIpc) is 2.43. The molecule has 0 fully saturated rings. The molecule has 1 heterocycles. The summed E-state index contributed by atoms with van der Waals surface area (Å²) in [5, 5.41) is 4.32. The summed E-state index contributed by atoms with van der Waals surface area (Å²) in [7, 11) is 1.92. The molecule has 0 unspecified atom stereocenters. The molecule has 106 valence electrons. The molecule has 0 aliphatic carbocycles. The average molecular weight is 311 g/mol. The van der Waals surface area contributed by atoms with Crippen molar-refractivity contribution in [3.63, 3.8) is 0 Å². The SMILES string of the molecule is CCNc1ncc(Cl)c(N(C)Cc2ccccc2Cl)n1. The van der Waals surface area contributed by atoms with Gasteiger partial charge in [-0.3, -0.25) is 0 Å². The van der Waals surface area contributed by atoms with Crippen LogP contribution in [0.1, 0.15) is 12.5 Å². The van der Waals surface area contributed by atoms with Gasteiger partial charge in [-0.25, -0.2) is 4.98 Å². The van der Waals surface area contributed by atoms with E-state index in [1.807, 2.05) is 43.1 Å². The maximum atomic E-state index is 6.17. The van der Waals surface area contributed by atoms with Gasteiger partial charge >= 0.3 is 0 Å². The van der Waals surface area contributed by atoms with Gasteiger partial charge in [-0.2, -0.15) is 4.98 Å². The normalized spacial score (nSPS) is 10.4. The minimum atomic E-state index is 0.515. The zero-order valence-corrected chi connectivity index (χ0v) is 12.9. The molecule has 6 heteroatoms. The van der Waals surface area contributed by atoms with Gasteiger partial charge in [0.1, 0.15) is 5.02 Å². The third kappa shape index (κ3) is 3.52. The van der Waals surface area contributed by atoms with Crippen molar-refractivity contribution in [2.75, 3.05) is 23.8 Å². The second kappa shape index (κ2) is 6.77. The van der Waals surface area contributed by atoms with Crippen LogP contribution in [-0.4, -0.2) is 23.6 Å². The van der Waals surface area contributed by atoms with Gasteiger partial charge in [0.05, 0.1) is 6.20 Å². The van der Waals surface area contributed by atoms with Crippen LogP contribution in [0.15, 0.2) is 30.5 Å². The van der Waals surface area contributed by atoms with Gasteiger partial charge in [0.25, 0.3) is 0 Å². The Hall–Kier alpha value is -1.52. The van der Waals surface area contributed by atoms with Crippen LogP contribution < -0.4 is 10.2 Å². The zero-order valence-electron chi connectivity index (χ0n) is 11.4. The monoisotopic (exact) mass is 310 g/mol. The molecule has 0 spiro atoms. The molecular formula is C14H16Cl2N4. The summed E-state index contributed by atoms with van der Waals surface area (Å²) in [6.45, 7) is 3.38. The second-order valence-corrected chi connectivity index (χ2v) is 5.16. The van der Waals surface area contributed by atoms with Crippen LogP contribution in [0.3, 0.4) is 0 Å². The van der Waals surface area contributed by atoms with Crippen LogP contribution in [0.4, 0.5) is 11.8 Å². The fourth-order valence-corrected chi connectivity index (χ4v) is 2.26. The van der Waals surface area contributed by atoms with Gasteiger partial charge in [0, 0.05) is 25.2 Å². The third-order valence-electron chi connectivity index (χ3n) is 2.79. The fraction of sp³-hybridized carbons (Fsp3) is 0.286. The van der Waals surface area contributed by atoms with Crippen LogP contribution in [-0.2, 0) is 6.54 Å². The van der Waals surface area contributed by atoms with Crippen LogP contribution in [0.25, 0.3) is 0 Å². The maximum absolute atomic E-state index is 6.17. The smallest absolute Gasteiger partial charge is 0.224 e. The van der Waals surface area contributed by atoms with Crippen molar-refractivity contribution in [3.05, 3.63) is 46.1 Å². The second-order valence-electron chi connectivity index (χ2n) is 4.34. The first-order chi connectivity index (χ1) is 9.61. The lowest BCUT2D eigenvalue weighted by atomic mass is 10.2. The molecule has 1 aromatic carbocycles. The maximum Gasteiger partial charge on any atom is 0.224 e. The van der Waals surface area contributed by atoms with E-state index in [2.05, 4.69) is 15.3 Å². The lowest BCUT2D eigenvalue weighted by Crippen LogP contribution is -2.19. The summed E-state index contributed by atoms with van der Waals surface area (Å²) in [4.78, 5) is 10.5. The van der Waals surface area contributed by atoms with E-state index in [-0.39, 0.29) is 0 Å². The van der Waals surface area contributed by atoms with Crippen molar-refractivity contribution < 1.29 is 0 Å². The van der Waals surface area contributed by atoms with E-state index < -0.39 is 0 Å². The van der Waals surface area contributed by atoms with Gasteiger partial charge in [-0.15, -0.1) is 0 Å². The number of nitrogens with one attached hydrogen (secondary N) is 1. The highest BCUT2D eigenvalue weighted by Crippen LogP contribution is 2.25. The number of rotatable bonds is 5. The number of anilines is 2. The summed E-state index contributed by atoms with van der Waals surface area (Å²) < 4.78 is 0. The lowest BCUT2D eigenvalue weighted by molar-refractivity contribution is 0.890. The van der Waals surface area contributed by atoms with Gasteiger partial charge in [0.2, 0.25) is 5.95 Å². The predicted molar refractivity (Wildman–Crippen MR) is 84.8 cm³/mol. The molecule has 0 amide bonds. The van der Waals surface area contributed by atoms with E-state index in [4.69, 9.17) is 23.2 Å². The van der Waals surface area contributed by atoms with E-state index in [0.29, 0.717) is 23.3 Å². The molecule has 2 aromatic rings. The number of aromatic nitrogens is 2. The van der Waals surface area contributed by atoms with E-state index in [1.165, 1.54) is 0 Å². The summed E-state index contributed by atoms with van der Waals surface area (Å²) in [6, 6.07) is 7.73. The first-order valence-electron chi connectivity index (χ1n) is 6.32. The van der Waals surface area contributed by atoms with Gasteiger partial charge in [-0.1, -0.05) is 41.4 Å². The molecule has 1 aromatic heterocycles. The molecule has 0 aliphatic rings. The Labute approximate surface area is 128 Å². The minimum Gasteiger partial charge on any atom is -0.354 e. The zero-order chi connectivity index (χ0) is 14.5. The summed E-state index contributed by atoms with van der Waals surface area (Å²) in [5.74, 6) is 1.25. The Bertz CT molecular complexity index is 589. The number of hydrogen-bond donors (Lipinski definition) is 1. The third-order valence-corrected chi connectivity index (χ3v) is 3.42. The highest BCUT2D eigenvalue weighted by Gasteiger charge is 2.11. The largest absolute Gasteiger partial charge is 0.354 e. The molecule has 0 aliphatic heterocycles. The Balaban J connectivity index is 2.22. The topological polar surface area (TPSA) is 41.1 Å². The van der Waals surface area contributed by atoms with Crippen LogP contribution in [0.2, 0.25) is 10.0 Å². The number of benzene rings is 1. The van der Waals surface area contributed by atoms with E-state index in [9.17, 15) is 0 Å². The number of nitrogens with zero attached hydrogens (tertiary/aromatic N) is 3. The first kappa shape index (κ1) is 14.9. The predicted octanol–water partition coefficient (Wildman–Crippen LogP) is 3.85. The van der Waals surface area contributed by atoms with Crippen molar-refractivity contribution in [1.29, 1.82) is 0 Å². The van der Waals surface area contributed by atoms with Gasteiger partial charge in [-0.05, 0) is 18.6 Å². The Morgan fingerprint density at radius 3 is 2.65 bits per heavy atom. The highest BCUT2D eigenvalue weighted by atomic mass is 35.5. The van der Waals surface area contributed by atoms with E-state index >= 15 is 0 Å². The molecule has 0 radical (unpaired) electrons. The van der Waals surface area contributed by atoms with Gasteiger partial charge in [0.15, 0.2) is 5.82 Å².